The van der Waals surface area contributed by atoms with Crippen LogP contribution in [0.2, 0.25) is 0 Å². The largest absolute Gasteiger partial charge is 1.00 e. The minimum absolute atomic E-state index is 0. The summed E-state index contributed by atoms with van der Waals surface area (Å²) < 4.78 is 142. The van der Waals surface area contributed by atoms with E-state index in [-0.39, 0.29) is 141 Å². The first-order chi connectivity index (χ1) is 26.8. The number of nitrogens with zero attached hydrogens (tertiary/aromatic N) is 2. The number of ketones is 2. The number of hydrogen-bond acceptors (Lipinski definition) is 20. The number of aryl methyl sites for hydroxylation is 2. The van der Waals surface area contributed by atoms with Crippen LogP contribution in [0.15, 0.2) is 90.5 Å². The molecule has 0 spiro atoms. The zero-order chi connectivity index (χ0) is 42.9. The zero-order valence-corrected chi connectivity index (χ0v) is 44.6. The topological polar surface area (TPSA) is 364 Å². The molecule has 0 saturated carbocycles. The van der Waals surface area contributed by atoms with E-state index in [4.69, 9.17) is 11.5 Å². The Kier molecular flexibility index (Phi) is 18.6. The number of hydrazone groups is 2. The molecular formula is C34H24N6Na4O14S4. The molecule has 0 amide bonds. The van der Waals surface area contributed by atoms with Crippen LogP contribution in [-0.4, -0.2) is 74.9 Å². The van der Waals surface area contributed by atoms with Gasteiger partial charge in [-0.25, -0.2) is 33.7 Å². The van der Waals surface area contributed by atoms with Crippen molar-refractivity contribution < 1.29 is 180 Å². The molecule has 6 rings (SSSR count). The number of nitrogen functional groups attached to an aromatic ring is 2. The van der Waals surface area contributed by atoms with Crippen molar-refractivity contribution in [1.29, 1.82) is 0 Å². The van der Waals surface area contributed by atoms with Crippen LogP contribution < -0.4 is 141 Å². The molecule has 0 unspecified atom stereocenters. The molecule has 62 heavy (non-hydrogen) atoms. The Morgan fingerprint density at radius 2 is 1.10 bits per heavy atom. The van der Waals surface area contributed by atoms with Crippen LogP contribution in [0, 0.1) is 13.8 Å². The SMILES string of the molecule is Cc1cc(-c2ccc(N/N=C3\C(=O)c4c(N)cc(S(=O)(=O)[O-])cc4C=C3S(=O)(=O)[O-])c(C)c2)ccc1N/N=C1/C=Cc2c(S(=O)(=O)[O-])cc(S(=O)(=O)[O-])c(N)c2C1=O.[Na+].[Na+].[Na+].[Na+]. The van der Waals surface area contributed by atoms with Gasteiger partial charge >= 0.3 is 118 Å². The Balaban J connectivity index is 0.00000331. The Morgan fingerprint density at radius 3 is 1.56 bits per heavy atom. The quantitative estimate of drug-likeness (QED) is 0.0524. The smallest absolute Gasteiger partial charge is 0.744 e. The standard InChI is InChI=1S/C34H28N6O14S4.4Na/c1-15-9-17(3-6-23(15)37-39-25-8-5-21-26(56(46,47)48)14-27(57(49,50)51)31(36)30(21)33(25)41)18-4-7-24(16(2)10-18)38-40-32-28(58(52,53)54)12-19-11-20(55(43,44)45)13-22(35)29(19)34(32)42;;;;/h3-14,37-38H,35-36H2,1-2H3,(H,43,44,45)(H,46,47,48)(H,49,50,51)(H,52,53,54);;;;/q;4*+1/p-4/b39-25-,40-32-;;;;. The maximum Gasteiger partial charge on any atom is 1.00 e. The number of carbonyl (C=O) groups excluding carboxylic acids is 2. The summed E-state index contributed by atoms with van der Waals surface area (Å²) in [7, 11) is -21.2. The van der Waals surface area contributed by atoms with Gasteiger partial charge < -0.3 is 29.7 Å². The molecule has 0 bridgehead atoms. The summed E-state index contributed by atoms with van der Waals surface area (Å²) in [6.45, 7) is 3.34. The third-order valence-corrected chi connectivity index (χ3v) is 12.2. The molecule has 0 aromatic heterocycles. The van der Waals surface area contributed by atoms with Gasteiger partial charge in [-0.05, 0) is 96.3 Å². The van der Waals surface area contributed by atoms with E-state index in [1.165, 1.54) is 6.07 Å². The number of nitrogens with one attached hydrogen (secondary N) is 2. The van der Waals surface area contributed by atoms with E-state index in [0.29, 0.717) is 40.1 Å². The van der Waals surface area contributed by atoms with Crippen molar-refractivity contribution in [2.24, 2.45) is 10.2 Å². The van der Waals surface area contributed by atoms with Gasteiger partial charge in [-0.3, -0.25) is 20.4 Å². The van der Waals surface area contributed by atoms with E-state index in [2.05, 4.69) is 21.1 Å². The molecule has 0 heterocycles. The Labute approximate surface area is 443 Å². The second-order valence-electron chi connectivity index (χ2n) is 12.6. The Morgan fingerprint density at radius 1 is 0.581 bits per heavy atom. The first kappa shape index (κ1) is 56.0. The summed E-state index contributed by atoms with van der Waals surface area (Å²) in [5.41, 5.74) is 15.5. The maximum atomic E-state index is 13.3. The molecule has 0 fully saturated rings. The number of rotatable bonds is 9. The van der Waals surface area contributed by atoms with Gasteiger partial charge in [0.25, 0.3) is 0 Å². The van der Waals surface area contributed by atoms with Crippen molar-refractivity contribution in [3.05, 3.63) is 99.0 Å². The second kappa shape index (κ2) is 20.6. The van der Waals surface area contributed by atoms with Gasteiger partial charge in [0, 0.05) is 11.3 Å². The first-order valence-electron chi connectivity index (χ1n) is 15.9. The van der Waals surface area contributed by atoms with Crippen LogP contribution in [0.5, 0.6) is 0 Å². The van der Waals surface area contributed by atoms with Gasteiger partial charge in [-0.15, -0.1) is 0 Å². The van der Waals surface area contributed by atoms with Crippen molar-refractivity contribution in [1.82, 2.24) is 0 Å². The summed E-state index contributed by atoms with van der Waals surface area (Å²) >= 11 is 0. The molecule has 6 N–H and O–H groups in total. The fourth-order valence-corrected chi connectivity index (χ4v) is 8.63. The maximum absolute atomic E-state index is 13.3. The number of anilines is 4. The van der Waals surface area contributed by atoms with Crippen molar-refractivity contribution in [2.75, 3.05) is 22.3 Å². The third kappa shape index (κ3) is 11.6. The molecule has 302 valence electrons. The van der Waals surface area contributed by atoms with E-state index in [9.17, 15) is 61.5 Å². The van der Waals surface area contributed by atoms with Crippen LogP contribution in [0.3, 0.4) is 0 Å². The summed E-state index contributed by atoms with van der Waals surface area (Å²) in [5.74, 6) is -2.20. The average molecular weight is 961 g/mol. The number of benzene rings is 4. The van der Waals surface area contributed by atoms with Gasteiger partial charge in [0.2, 0.25) is 11.6 Å². The molecule has 2 aliphatic rings. The van der Waals surface area contributed by atoms with Gasteiger partial charge in [-0.2, -0.15) is 10.2 Å². The number of allylic oxidation sites excluding steroid dienone is 2. The Hall–Kier alpha value is -2.12. The van der Waals surface area contributed by atoms with Crippen LogP contribution >= 0.6 is 0 Å². The average Bonchev–Trinajstić information content (AvgIpc) is 3.09. The van der Waals surface area contributed by atoms with E-state index < -0.39 is 99.8 Å². The van der Waals surface area contributed by atoms with E-state index in [1.807, 2.05) is 0 Å². The van der Waals surface area contributed by atoms with Crippen LogP contribution in [0.1, 0.15) is 43.0 Å². The Bertz CT molecular complexity index is 3160. The molecule has 4 aromatic carbocycles. The van der Waals surface area contributed by atoms with Crippen LogP contribution in [0.4, 0.5) is 22.7 Å². The fourth-order valence-electron chi connectivity index (χ4n) is 6.03. The van der Waals surface area contributed by atoms with E-state index >= 15 is 0 Å². The molecule has 20 nitrogen and oxygen atoms in total. The third-order valence-electron chi connectivity index (χ3n) is 8.80. The number of carbonyl (C=O) groups is 2. The number of nitrogens with two attached hydrogens (primary N) is 2. The van der Waals surface area contributed by atoms with Crippen molar-refractivity contribution in [3.8, 4) is 11.1 Å². The molecule has 0 atom stereocenters. The van der Waals surface area contributed by atoms with Gasteiger partial charge in [-0.1, -0.05) is 18.2 Å². The van der Waals surface area contributed by atoms with Gasteiger partial charge in [0.05, 0.1) is 47.8 Å². The minimum Gasteiger partial charge on any atom is -0.744 e. The summed E-state index contributed by atoms with van der Waals surface area (Å²) in [6, 6.07) is 11.6. The molecule has 0 aliphatic heterocycles. The van der Waals surface area contributed by atoms with Crippen LogP contribution in [-0.2, 0) is 40.5 Å². The molecule has 0 saturated heterocycles. The zero-order valence-electron chi connectivity index (χ0n) is 33.3. The van der Waals surface area contributed by atoms with Crippen molar-refractivity contribution in [3.63, 3.8) is 0 Å². The van der Waals surface area contributed by atoms with Crippen molar-refractivity contribution >= 4 is 98.4 Å². The molecule has 2 aliphatic carbocycles. The van der Waals surface area contributed by atoms with E-state index in [1.54, 1.807) is 44.2 Å². The van der Waals surface area contributed by atoms with E-state index in [0.717, 1.165) is 24.3 Å². The monoisotopic (exact) mass is 960 g/mol. The summed E-state index contributed by atoms with van der Waals surface area (Å²) in [4.78, 5) is 22.3. The predicted octanol–water partition coefficient (Wildman–Crippen LogP) is -9.91. The van der Waals surface area contributed by atoms with Gasteiger partial charge in [0.15, 0.2) is 0 Å². The number of hydrogen-bond donors (Lipinski definition) is 4. The van der Waals surface area contributed by atoms with Gasteiger partial charge in [0.1, 0.15) is 51.9 Å². The predicted molar refractivity (Wildman–Crippen MR) is 204 cm³/mol. The summed E-state index contributed by atoms with van der Waals surface area (Å²) in [6.07, 6.45) is 2.79. The number of fused-ring (bicyclic) bond motifs is 2. The minimum atomic E-state index is -5.40. The number of Topliss-reactive ketones (excluding diaryl/α,β-unsaturated/α-hetero) is 2. The van der Waals surface area contributed by atoms with Crippen LogP contribution in [0.25, 0.3) is 23.3 Å². The normalized spacial score (nSPS) is 14.9. The summed E-state index contributed by atoms with van der Waals surface area (Å²) in [5, 5.41) is 7.92. The molecule has 0 radical (unpaired) electrons. The fraction of sp³-hybridized carbons (Fsp3) is 0.0588. The van der Waals surface area contributed by atoms with Crippen molar-refractivity contribution in [2.45, 2.75) is 28.5 Å². The molecule has 4 aromatic rings. The molecule has 28 heteroatoms. The first-order valence-corrected chi connectivity index (χ1v) is 21.5. The second-order valence-corrected chi connectivity index (χ2v) is 18.0. The molecular weight excluding hydrogens is 937 g/mol.